The number of benzene rings is 2. The first-order valence-corrected chi connectivity index (χ1v) is 8.43. The standard InChI is InChI=1S/C18H18OS/c19-18(13-10-14-8-9-15(11-13)20-14)17-7-3-5-12-4-1-2-6-16(12)17/h1-7,13-15H,8-11H2. The van der Waals surface area contributed by atoms with Crippen molar-refractivity contribution in [3.63, 3.8) is 0 Å². The summed E-state index contributed by atoms with van der Waals surface area (Å²) < 4.78 is 0. The molecule has 4 rings (SSSR count). The van der Waals surface area contributed by atoms with Gasteiger partial charge in [0.15, 0.2) is 5.78 Å². The second-order valence-electron chi connectivity index (χ2n) is 6.02. The van der Waals surface area contributed by atoms with Crippen molar-refractivity contribution in [3.05, 3.63) is 48.0 Å². The molecule has 2 heterocycles. The number of hydrogen-bond acceptors (Lipinski definition) is 2. The van der Waals surface area contributed by atoms with Gasteiger partial charge in [-0.1, -0.05) is 42.5 Å². The molecule has 2 aliphatic rings. The maximum atomic E-state index is 12.9. The number of thioether (sulfide) groups is 1. The second-order valence-corrected chi connectivity index (χ2v) is 7.62. The molecule has 2 heteroatoms. The molecule has 2 fully saturated rings. The lowest BCUT2D eigenvalue weighted by Crippen LogP contribution is -2.24. The van der Waals surface area contributed by atoms with E-state index in [4.69, 9.17) is 0 Å². The Morgan fingerprint density at radius 1 is 0.950 bits per heavy atom. The van der Waals surface area contributed by atoms with E-state index in [2.05, 4.69) is 30.0 Å². The summed E-state index contributed by atoms with van der Waals surface area (Å²) in [6.07, 6.45) is 4.80. The van der Waals surface area contributed by atoms with Crippen LogP contribution in [0.4, 0.5) is 0 Å². The van der Waals surface area contributed by atoms with Crippen LogP contribution in [0.25, 0.3) is 10.8 Å². The molecule has 0 amide bonds. The van der Waals surface area contributed by atoms with Crippen LogP contribution >= 0.6 is 11.8 Å². The van der Waals surface area contributed by atoms with Crippen molar-refractivity contribution in [2.75, 3.05) is 0 Å². The van der Waals surface area contributed by atoms with E-state index in [-0.39, 0.29) is 5.92 Å². The van der Waals surface area contributed by atoms with E-state index >= 15 is 0 Å². The number of Topliss-reactive ketones (excluding diaryl/α,β-unsaturated/α-hetero) is 1. The summed E-state index contributed by atoms with van der Waals surface area (Å²) in [5.74, 6) is 0.624. The Balaban J connectivity index is 1.70. The molecule has 102 valence electrons. The van der Waals surface area contributed by atoms with Gasteiger partial charge in [0.2, 0.25) is 0 Å². The third kappa shape index (κ3) is 2.07. The van der Waals surface area contributed by atoms with Gasteiger partial charge in [0.1, 0.15) is 0 Å². The predicted molar refractivity (Wildman–Crippen MR) is 85.4 cm³/mol. The van der Waals surface area contributed by atoms with Crippen LogP contribution in [-0.4, -0.2) is 16.3 Å². The Labute approximate surface area is 123 Å². The zero-order chi connectivity index (χ0) is 13.5. The van der Waals surface area contributed by atoms with Crippen LogP contribution < -0.4 is 0 Å². The number of rotatable bonds is 2. The summed E-state index contributed by atoms with van der Waals surface area (Å²) in [7, 11) is 0. The fourth-order valence-corrected chi connectivity index (χ4v) is 5.51. The molecule has 2 aliphatic heterocycles. The minimum absolute atomic E-state index is 0.250. The zero-order valence-corrected chi connectivity index (χ0v) is 12.2. The van der Waals surface area contributed by atoms with Crippen LogP contribution in [-0.2, 0) is 0 Å². The van der Waals surface area contributed by atoms with Gasteiger partial charge in [-0.05, 0) is 36.5 Å². The van der Waals surface area contributed by atoms with Gasteiger partial charge in [-0.15, -0.1) is 0 Å². The zero-order valence-electron chi connectivity index (χ0n) is 11.4. The minimum Gasteiger partial charge on any atom is -0.294 e. The first kappa shape index (κ1) is 12.5. The quantitative estimate of drug-likeness (QED) is 0.743. The summed E-state index contributed by atoms with van der Waals surface area (Å²) in [6, 6.07) is 14.3. The van der Waals surface area contributed by atoms with E-state index in [1.165, 1.54) is 18.2 Å². The molecule has 0 saturated carbocycles. The number of carbonyl (C=O) groups is 1. The fourth-order valence-electron chi connectivity index (χ4n) is 3.73. The van der Waals surface area contributed by atoms with Crippen LogP contribution in [0.1, 0.15) is 36.0 Å². The predicted octanol–water partition coefficient (Wildman–Crippen LogP) is 4.70. The topological polar surface area (TPSA) is 17.1 Å². The SMILES string of the molecule is O=C(c1cccc2ccccc12)C1CC2CCC(C1)S2. The van der Waals surface area contributed by atoms with E-state index in [1.54, 1.807) is 0 Å². The maximum Gasteiger partial charge on any atom is 0.166 e. The molecular formula is C18H18OS. The molecule has 0 spiro atoms. The van der Waals surface area contributed by atoms with Gasteiger partial charge in [0.05, 0.1) is 0 Å². The Bertz CT molecular complexity index is 646. The Morgan fingerprint density at radius 2 is 1.65 bits per heavy atom. The van der Waals surface area contributed by atoms with Crippen molar-refractivity contribution in [1.82, 2.24) is 0 Å². The number of carbonyl (C=O) groups excluding carboxylic acids is 1. The first-order chi connectivity index (χ1) is 9.81. The molecule has 2 atom stereocenters. The lowest BCUT2D eigenvalue weighted by Gasteiger charge is -2.26. The smallest absolute Gasteiger partial charge is 0.166 e. The molecule has 2 bridgehead atoms. The van der Waals surface area contributed by atoms with E-state index in [0.29, 0.717) is 5.78 Å². The van der Waals surface area contributed by atoms with Crippen LogP contribution in [0.15, 0.2) is 42.5 Å². The highest BCUT2D eigenvalue weighted by atomic mass is 32.2. The molecule has 2 aromatic carbocycles. The average Bonchev–Trinajstić information content (AvgIpc) is 2.84. The summed E-state index contributed by atoms with van der Waals surface area (Å²) in [6.45, 7) is 0. The number of ketones is 1. The molecule has 0 aromatic heterocycles. The highest BCUT2D eigenvalue weighted by molar-refractivity contribution is 8.00. The van der Waals surface area contributed by atoms with Gasteiger partial charge in [-0.2, -0.15) is 11.8 Å². The van der Waals surface area contributed by atoms with Crippen molar-refractivity contribution in [2.45, 2.75) is 36.2 Å². The van der Waals surface area contributed by atoms with Crippen LogP contribution in [0, 0.1) is 5.92 Å². The van der Waals surface area contributed by atoms with Crippen LogP contribution in [0.5, 0.6) is 0 Å². The monoisotopic (exact) mass is 282 g/mol. The summed E-state index contributed by atoms with van der Waals surface area (Å²) in [4.78, 5) is 12.9. The van der Waals surface area contributed by atoms with Gasteiger partial charge >= 0.3 is 0 Å². The lowest BCUT2D eigenvalue weighted by molar-refractivity contribution is 0.0908. The molecule has 0 N–H and O–H groups in total. The third-order valence-electron chi connectivity index (χ3n) is 4.72. The Morgan fingerprint density at radius 3 is 2.45 bits per heavy atom. The van der Waals surface area contributed by atoms with Gasteiger partial charge in [-0.3, -0.25) is 4.79 Å². The summed E-state index contributed by atoms with van der Waals surface area (Å²) >= 11 is 2.12. The van der Waals surface area contributed by atoms with Crippen molar-refractivity contribution in [2.24, 2.45) is 5.92 Å². The summed E-state index contributed by atoms with van der Waals surface area (Å²) in [5, 5.41) is 3.76. The Kier molecular flexibility index (Phi) is 3.07. The number of hydrogen-bond donors (Lipinski definition) is 0. The van der Waals surface area contributed by atoms with E-state index < -0.39 is 0 Å². The van der Waals surface area contributed by atoms with E-state index in [9.17, 15) is 4.79 Å². The van der Waals surface area contributed by atoms with Crippen molar-refractivity contribution in [3.8, 4) is 0 Å². The highest BCUT2D eigenvalue weighted by Gasteiger charge is 2.38. The van der Waals surface area contributed by atoms with Crippen molar-refractivity contribution >= 4 is 28.3 Å². The van der Waals surface area contributed by atoms with Crippen molar-refractivity contribution in [1.29, 1.82) is 0 Å². The van der Waals surface area contributed by atoms with Crippen LogP contribution in [0.3, 0.4) is 0 Å². The molecular weight excluding hydrogens is 264 g/mol. The fraction of sp³-hybridized carbons (Fsp3) is 0.389. The molecule has 2 saturated heterocycles. The second kappa shape index (κ2) is 4.92. The summed E-state index contributed by atoms with van der Waals surface area (Å²) in [5.41, 5.74) is 0.930. The molecule has 20 heavy (non-hydrogen) atoms. The molecule has 0 aliphatic carbocycles. The average molecular weight is 282 g/mol. The van der Waals surface area contributed by atoms with Crippen LogP contribution in [0.2, 0.25) is 0 Å². The molecule has 2 aromatic rings. The minimum atomic E-state index is 0.250. The van der Waals surface area contributed by atoms with Gasteiger partial charge in [-0.25, -0.2) is 0 Å². The number of fused-ring (bicyclic) bond motifs is 3. The maximum absolute atomic E-state index is 12.9. The largest absolute Gasteiger partial charge is 0.294 e. The van der Waals surface area contributed by atoms with Gasteiger partial charge < -0.3 is 0 Å². The van der Waals surface area contributed by atoms with E-state index in [0.717, 1.165) is 34.3 Å². The normalized spacial score (nSPS) is 28.7. The lowest BCUT2D eigenvalue weighted by atomic mass is 9.88. The van der Waals surface area contributed by atoms with Crippen molar-refractivity contribution < 1.29 is 4.79 Å². The van der Waals surface area contributed by atoms with Gasteiger partial charge in [0, 0.05) is 22.0 Å². The molecule has 0 radical (unpaired) electrons. The van der Waals surface area contributed by atoms with E-state index in [1.807, 2.05) is 24.3 Å². The molecule has 2 unspecified atom stereocenters. The third-order valence-corrected chi connectivity index (χ3v) is 6.34. The van der Waals surface area contributed by atoms with Gasteiger partial charge in [0.25, 0.3) is 0 Å². The highest BCUT2D eigenvalue weighted by Crippen LogP contribution is 2.46. The first-order valence-electron chi connectivity index (χ1n) is 7.49. The molecule has 1 nitrogen and oxygen atoms in total. The Hall–Kier alpha value is -1.28.